The van der Waals surface area contributed by atoms with Crippen LogP contribution in [0.3, 0.4) is 0 Å². The van der Waals surface area contributed by atoms with Crippen LogP contribution in [-0.4, -0.2) is 31.8 Å². The number of carbonyl (C=O) groups excluding carboxylic acids is 2. The normalized spacial score (nSPS) is 19.3. The molecule has 0 aliphatic carbocycles. The van der Waals surface area contributed by atoms with E-state index in [-0.39, 0.29) is 10.9 Å². The maximum Gasteiger partial charge on any atom is 0.326 e. The summed E-state index contributed by atoms with van der Waals surface area (Å²) < 4.78 is 27.7. The molecule has 1 unspecified atom stereocenters. The topological polar surface area (TPSA) is 97.2 Å². The Labute approximate surface area is 156 Å². The summed E-state index contributed by atoms with van der Waals surface area (Å²) in [6.45, 7) is 0.898. The van der Waals surface area contributed by atoms with Crippen molar-refractivity contribution in [2.75, 3.05) is 0 Å². The Balaban J connectivity index is 1.69. The second kappa shape index (κ2) is 6.19. The van der Waals surface area contributed by atoms with Gasteiger partial charge in [-0.05, 0) is 36.8 Å². The third-order valence-electron chi connectivity index (χ3n) is 4.68. The quantitative estimate of drug-likeness (QED) is 0.689. The fourth-order valence-corrected chi connectivity index (χ4v) is 3.08. The van der Waals surface area contributed by atoms with Gasteiger partial charge in [-0.3, -0.25) is 9.59 Å². The average Bonchev–Trinajstić information content (AvgIpc) is 2.90. The molecule has 0 radical (unpaired) electrons. The summed E-state index contributed by atoms with van der Waals surface area (Å²) in [6, 6.07) is 8.66. The van der Waals surface area contributed by atoms with Crippen molar-refractivity contribution in [3.8, 4) is 0 Å². The van der Waals surface area contributed by atoms with Crippen LogP contribution in [0.4, 0.5) is 13.6 Å². The van der Waals surface area contributed by atoms with Crippen molar-refractivity contribution in [3.05, 3.63) is 70.0 Å². The number of nitrogens with zero attached hydrogens (tertiary/aromatic N) is 4. The van der Waals surface area contributed by atoms with Crippen molar-refractivity contribution >= 4 is 22.8 Å². The van der Waals surface area contributed by atoms with E-state index >= 15 is 0 Å². The molecule has 4 rings (SSSR count). The summed E-state index contributed by atoms with van der Waals surface area (Å²) in [5.74, 6) is -2.94. The lowest BCUT2D eigenvalue weighted by atomic mass is 9.92. The molecule has 1 aromatic heterocycles. The van der Waals surface area contributed by atoms with E-state index in [1.54, 1.807) is 24.3 Å². The zero-order valence-corrected chi connectivity index (χ0v) is 14.5. The summed E-state index contributed by atoms with van der Waals surface area (Å²) >= 11 is 0. The standard InChI is InChI=1S/C18H13F2N5O3/c1-18(10-6-7-12(19)13(20)8-10)16(27)24(17(28)21-18)9-25-15(26)11-4-2-3-5-14(11)22-23-25/h2-8H,9H2,1H3,(H,21,28). The second-order valence-corrected chi connectivity index (χ2v) is 6.47. The zero-order valence-electron chi connectivity index (χ0n) is 14.5. The highest BCUT2D eigenvalue weighted by atomic mass is 19.2. The van der Waals surface area contributed by atoms with Gasteiger partial charge in [0.25, 0.3) is 11.5 Å². The number of rotatable bonds is 3. The first kappa shape index (κ1) is 17.7. The molecule has 0 saturated carbocycles. The number of aromatic nitrogens is 3. The van der Waals surface area contributed by atoms with E-state index in [1.165, 1.54) is 13.0 Å². The Morgan fingerprint density at radius 3 is 2.57 bits per heavy atom. The van der Waals surface area contributed by atoms with Gasteiger partial charge >= 0.3 is 6.03 Å². The van der Waals surface area contributed by atoms with Crippen molar-refractivity contribution in [2.24, 2.45) is 0 Å². The van der Waals surface area contributed by atoms with E-state index in [0.29, 0.717) is 5.52 Å². The predicted molar refractivity (Wildman–Crippen MR) is 92.9 cm³/mol. The molecule has 2 aromatic carbocycles. The number of urea groups is 1. The number of fused-ring (bicyclic) bond motifs is 1. The summed E-state index contributed by atoms with van der Waals surface area (Å²) in [4.78, 5) is 38.6. The number of hydrogen-bond donors (Lipinski definition) is 1. The van der Waals surface area contributed by atoms with Crippen LogP contribution in [0.2, 0.25) is 0 Å². The number of hydrogen-bond acceptors (Lipinski definition) is 5. The molecular formula is C18H13F2N5O3. The minimum Gasteiger partial charge on any atom is -0.319 e. The van der Waals surface area contributed by atoms with E-state index in [2.05, 4.69) is 15.6 Å². The van der Waals surface area contributed by atoms with Gasteiger partial charge in [-0.2, -0.15) is 4.68 Å². The van der Waals surface area contributed by atoms with Crippen LogP contribution in [0.1, 0.15) is 12.5 Å². The number of imide groups is 1. The van der Waals surface area contributed by atoms with E-state index in [1.807, 2.05) is 0 Å². The Bertz CT molecular complexity index is 1200. The first-order chi connectivity index (χ1) is 13.3. The minimum atomic E-state index is -1.61. The Morgan fingerprint density at radius 2 is 1.82 bits per heavy atom. The Hall–Kier alpha value is -3.69. The third kappa shape index (κ3) is 2.61. The van der Waals surface area contributed by atoms with Crippen LogP contribution >= 0.6 is 0 Å². The summed E-state index contributed by atoms with van der Waals surface area (Å²) in [5, 5.41) is 10.4. The highest BCUT2D eigenvalue weighted by Gasteiger charge is 2.49. The van der Waals surface area contributed by atoms with Gasteiger partial charge in [0.05, 0.1) is 5.39 Å². The molecule has 1 N–H and O–H groups in total. The predicted octanol–water partition coefficient (Wildman–Crippen LogP) is 1.49. The number of halogens is 2. The molecule has 8 nitrogen and oxygen atoms in total. The largest absolute Gasteiger partial charge is 0.326 e. The van der Waals surface area contributed by atoms with Gasteiger partial charge in [-0.25, -0.2) is 18.5 Å². The lowest BCUT2D eigenvalue weighted by Gasteiger charge is -2.22. The van der Waals surface area contributed by atoms with Gasteiger partial charge < -0.3 is 5.32 Å². The lowest BCUT2D eigenvalue weighted by molar-refractivity contribution is -0.132. The van der Waals surface area contributed by atoms with Gasteiger partial charge in [0.2, 0.25) is 0 Å². The maximum atomic E-state index is 13.6. The van der Waals surface area contributed by atoms with Crippen molar-refractivity contribution in [2.45, 2.75) is 19.1 Å². The monoisotopic (exact) mass is 385 g/mol. The minimum absolute atomic E-state index is 0.0733. The summed E-state index contributed by atoms with van der Waals surface area (Å²) in [6.07, 6.45) is 0. The average molecular weight is 385 g/mol. The van der Waals surface area contributed by atoms with Gasteiger partial charge in [0, 0.05) is 0 Å². The molecule has 142 valence electrons. The van der Waals surface area contributed by atoms with Gasteiger partial charge in [-0.15, -0.1) is 5.10 Å². The first-order valence-electron chi connectivity index (χ1n) is 8.23. The van der Waals surface area contributed by atoms with Crippen molar-refractivity contribution in [1.29, 1.82) is 0 Å². The molecule has 1 saturated heterocycles. The second-order valence-electron chi connectivity index (χ2n) is 6.47. The smallest absolute Gasteiger partial charge is 0.319 e. The maximum absolute atomic E-state index is 13.6. The van der Waals surface area contributed by atoms with Crippen LogP contribution in [0, 0.1) is 11.6 Å². The fraction of sp³-hybridized carbons (Fsp3) is 0.167. The molecule has 1 atom stereocenters. The van der Waals surface area contributed by atoms with Crippen LogP contribution in [0.15, 0.2) is 47.3 Å². The zero-order chi connectivity index (χ0) is 20.1. The molecule has 0 bridgehead atoms. The molecule has 28 heavy (non-hydrogen) atoms. The van der Waals surface area contributed by atoms with Gasteiger partial charge in [-0.1, -0.05) is 23.4 Å². The number of amides is 3. The van der Waals surface area contributed by atoms with Crippen LogP contribution < -0.4 is 10.9 Å². The van der Waals surface area contributed by atoms with Crippen molar-refractivity contribution in [1.82, 2.24) is 25.2 Å². The molecule has 1 aliphatic rings. The summed E-state index contributed by atoms with van der Waals surface area (Å²) in [7, 11) is 0. The molecule has 0 spiro atoms. The number of carbonyl (C=O) groups is 2. The first-order valence-corrected chi connectivity index (χ1v) is 8.23. The summed E-state index contributed by atoms with van der Waals surface area (Å²) in [5.41, 5.74) is -1.68. The van der Waals surface area contributed by atoms with Gasteiger partial charge in [0.15, 0.2) is 11.6 Å². The highest BCUT2D eigenvalue weighted by molar-refractivity contribution is 6.06. The third-order valence-corrected chi connectivity index (χ3v) is 4.68. The number of nitrogens with one attached hydrogen (secondary N) is 1. The molecule has 1 fully saturated rings. The molecule has 2 heterocycles. The fourth-order valence-electron chi connectivity index (χ4n) is 3.08. The number of benzene rings is 2. The molecular weight excluding hydrogens is 372 g/mol. The Morgan fingerprint density at radius 1 is 1.07 bits per heavy atom. The van der Waals surface area contributed by atoms with Crippen LogP contribution in [0.25, 0.3) is 10.9 Å². The van der Waals surface area contributed by atoms with Crippen LogP contribution in [-0.2, 0) is 17.0 Å². The van der Waals surface area contributed by atoms with E-state index in [9.17, 15) is 23.2 Å². The van der Waals surface area contributed by atoms with E-state index < -0.39 is 41.3 Å². The molecule has 3 aromatic rings. The SMILES string of the molecule is CC1(c2ccc(F)c(F)c2)NC(=O)N(Cn2nnc3ccccc3c2=O)C1=O. The molecule has 3 amide bonds. The highest BCUT2D eigenvalue weighted by Crippen LogP contribution is 2.29. The molecule has 10 heteroatoms. The van der Waals surface area contributed by atoms with E-state index in [4.69, 9.17) is 0 Å². The Kier molecular flexibility index (Phi) is 3.91. The van der Waals surface area contributed by atoms with Gasteiger partial charge in [0.1, 0.15) is 17.7 Å². The lowest BCUT2D eigenvalue weighted by Crippen LogP contribution is -2.42. The van der Waals surface area contributed by atoms with Crippen LogP contribution in [0.5, 0.6) is 0 Å². The van der Waals surface area contributed by atoms with Crippen molar-refractivity contribution in [3.63, 3.8) is 0 Å². The van der Waals surface area contributed by atoms with E-state index in [0.717, 1.165) is 21.7 Å². The molecule has 1 aliphatic heterocycles. The van der Waals surface area contributed by atoms with Crippen molar-refractivity contribution < 1.29 is 18.4 Å².